The van der Waals surface area contributed by atoms with Crippen LogP contribution in [0.5, 0.6) is 5.75 Å². The summed E-state index contributed by atoms with van der Waals surface area (Å²) in [5.74, 6) is 1.21. The summed E-state index contributed by atoms with van der Waals surface area (Å²) in [4.78, 5) is 14.6. The van der Waals surface area contributed by atoms with Crippen molar-refractivity contribution < 1.29 is 19.1 Å². The lowest BCUT2D eigenvalue weighted by Gasteiger charge is -2.33. The number of nitrogens with zero attached hydrogens (tertiary/aromatic N) is 4. The molecule has 0 radical (unpaired) electrons. The third-order valence-electron chi connectivity index (χ3n) is 4.74. The molecular formula is C19H24N4O5. The van der Waals surface area contributed by atoms with E-state index in [-0.39, 0.29) is 5.69 Å². The highest BCUT2D eigenvalue weighted by atomic mass is 16.6. The number of hydrogen-bond donors (Lipinski definition) is 0. The van der Waals surface area contributed by atoms with Crippen LogP contribution in [0.1, 0.15) is 5.69 Å². The summed E-state index contributed by atoms with van der Waals surface area (Å²) in [5, 5.41) is 23.3. The normalized spacial score (nSPS) is 14.2. The molecule has 0 bridgehead atoms. The van der Waals surface area contributed by atoms with Gasteiger partial charge in [-0.25, -0.2) is 4.73 Å². The van der Waals surface area contributed by atoms with Crippen LogP contribution in [0.2, 0.25) is 0 Å². The number of non-ortho nitro benzene ring substituents is 1. The third-order valence-corrected chi connectivity index (χ3v) is 4.74. The second kappa shape index (κ2) is 8.75. The van der Waals surface area contributed by atoms with Crippen molar-refractivity contribution in [3.8, 4) is 5.75 Å². The molecule has 9 heteroatoms. The first-order valence-corrected chi connectivity index (χ1v) is 9.10. The van der Waals surface area contributed by atoms with Crippen LogP contribution in [0.25, 0.3) is 0 Å². The molecule has 0 saturated carbocycles. The average Bonchev–Trinajstić information content (AvgIpc) is 2.71. The number of anilines is 2. The van der Waals surface area contributed by atoms with Gasteiger partial charge in [-0.3, -0.25) is 15.0 Å². The van der Waals surface area contributed by atoms with E-state index in [9.17, 15) is 15.3 Å². The molecule has 0 amide bonds. The van der Waals surface area contributed by atoms with Crippen molar-refractivity contribution in [2.75, 3.05) is 56.3 Å². The van der Waals surface area contributed by atoms with Gasteiger partial charge in [-0.1, -0.05) is 0 Å². The van der Waals surface area contributed by atoms with Crippen LogP contribution in [0.4, 0.5) is 17.2 Å². The molecule has 1 aromatic heterocycles. The molecule has 1 aliphatic rings. The van der Waals surface area contributed by atoms with Gasteiger partial charge in [0.25, 0.3) is 11.5 Å². The lowest BCUT2D eigenvalue weighted by molar-refractivity contribution is -0.599. The molecule has 0 unspecified atom stereocenters. The number of rotatable bonds is 7. The first-order chi connectivity index (χ1) is 13.5. The monoisotopic (exact) mass is 388 g/mol. The van der Waals surface area contributed by atoms with Crippen molar-refractivity contribution in [1.29, 1.82) is 0 Å². The predicted octanol–water partition coefficient (Wildman–Crippen LogP) is 1.89. The maximum atomic E-state index is 12.5. The summed E-state index contributed by atoms with van der Waals surface area (Å²) < 4.78 is 11.6. The minimum atomic E-state index is -0.404. The van der Waals surface area contributed by atoms with Gasteiger partial charge in [-0.15, -0.1) is 0 Å². The van der Waals surface area contributed by atoms with Gasteiger partial charge in [-0.2, -0.15) is 0 Å². The predicted molar refractivity (Wildman–Crippen MR) is 105 cm³/mol. The number of nitro benzene ring substituents is 1. The van der Waals surface area contributed by atoms with E-state index < -0.39 is 4.92 Å². The summed E-state index contributed by atoms with van der Waals surface area (Å²) in [6.45, 7) is 5.42. The highest BCUT2D eigenvalue weighted by molar-refractivity contribution is 5.52. The van der Waals surface area contributed by atoms with E-state index in [0.29, 0.717) is 56.7 Å². The van der Waals surface area contributed by atoms with E-state index >= 15 is 0 Å². The molecule has 0 N–H and O–H groups in total. The fourth-order valence-electron chi connectivity index (χ4n) is 3.20. The summed E-state index contributed by atoms with van der Waals surface area (Å²) in [5.41, 5.74) is 1.59. The number of aromatic nitrogens is 1. The quantitative estimate of drug-likeness (QED) is 0.235. The van der Waals surface area contributed by atoms with Gasteiger partial charge in [-0.05, 0) is 19.1 Å². The molecule has 3 rings (SSSR count). The Morgan fingerprint density at radius 1 is 1.07 bits per heavy atom. The molecule has 1 fully saturated rings. The Morgan fingerprint density at radius 3 is 2.32 bits per heavy atom. The lowest BCUT2D eigenvalue weighted by Crippen LogP contribution is -2.50. The van der Waals surface area contributed by atoms with Crippen LogP contribution in [-0.4, -0.2) is 51.4 Å². The highest BCUT2D eigenvalue weighted by Crippen LogP contribution is 2.24. The maximum absolute atomic E-state index is 12.5. The molecule has 150 valence electrons. The van der Waals surface area contributed by atoms with Crippen molar-refractivity contribution in [2.24, 2.45) is 0 Å². The van der Waals surface area contributed by atoms with Crippen LogP contribution in [-0.2, 0) is 4.74 Å². The van der Waals surface area contributed by atoms with E-state index in [1.807, 2.05) is 4.90 Å². The van der Waals surface area contributed by atoms with Crippen molar-refractivity contribution in [1.82, 2.24) is 0 Å². The van der Waals surface area contributed by atoms with Crippen molar-refractivity contribution in [3.63, 3.8) is 0 Å². The van der Waals surface area contributed by atoms with Crippen molar-refractivity contribution in [3.05, 3.63) is 57.4 Å². The van der Waals surface area contributed by atoms with Crippen molar-refractivity contribution >= 4 is 17.2 Å². The van der Waals surface area contributed by atoms with Crippen LogP contribution >= 0.6 is 0 Å². The number of benzene rings is 1. The molecule has 1 aliphatic heterocycles. The molecule has 1 aromatic carbocycles. The van der Waals surface area contributed by atoms with Gasteiger partial charge in [0.2, 0.25) is 0 Å². The van der Waals surface area contributed by atoms with Gasteiger partial charge in [0, 0.05) is 31.0 Å². The Labute approximate surface area is 163 Å². The Hall–Kier alpha value is -3.07. The van der Waals surface area contributed by atoms with E-state index in [1.165, 1.54) is 12.1 Å². The van der Waals surface area contributed by atoms with Crippen molar-refractivity contribution in [2.45, 2.75) is 6.92 Å². The maximum Gasteiger partial charge on any atom is 0.283 e. The lowest BCUT2D eigenvalue weighted by atomic mass is 10.2. The molecule has 0 aliphatic carbocycles. The van der Waals surface area contributed by atoms with Crippen LogP contribution in [0.15, 0.2) is 36.4 Å². The average molecular weight is 388 g/mol. The largest absolute Gasteiger partial charge is 0.710 e. The Morgan fingerprint density at radius 2 is 1.71 bits per heavy atom. The Bertz CT molecular complexity index is 820. The smallest absolute Gasteiger partial charge is 0.283 e. The standard InChI is InChI=1S/C19H24N4O5/c1-15-13-18(28-12-11-27-2)14-19(22(15)24)21-9-7-20(8-10-21)16-3-5-17(6-4-16)23(25)26/h3-6,13-14H,7-12H2,1-2H3. The highest BCUT2D eigenvalue weighted by Gasteiger charge is 2.26. The van der Waals surface area contributed by atoms with E-state index in [1.54, 1.807) is 38.3 Å². The SMILES string of the molecule is COCCOc1cc(C)[n+]([O-])c(N2CCN(c3ccc([N+](=O)[O-])cc3)CC2)c1. The molecule has 0 spiro atoms. The Kier molecular flexibility index (Phi) is 6.15. The van der Waals surface area contributed by atoms with Gasteiger partial charge in [0.05, 0.1) is 30.7 Å². The summed E-state index contributed by atoms with van der Waals surface area (Å²) >= 11 is 0. The third kappa shape index (κ3) is 4.42. The molecule has 0 atom stereocenters. The molecule has 9 nitrogen and oxygen atoms in total. The number of hydrogen-bond acceptors (Lipinski definition) is 7. The molecule has 1 saturated heterocycles. The summed E-state index contributed by atoms with van der Waals surface area (Å²) in [7, 11) is 1.61. The first-order valence-electron chi connectivity index (χ1n) is 9.10. The number of ether oxygens (including phenoxy) is 2. The number of methoxy groups -OCH3 is 1. The molecule has 2 aromatic rings. The zero-order valence-electron chi connectivity index (χ0n) is 16.0. The molecule has 2 heterocycles. The zero-order chi connectivity index (χ0) is 20.1. The summed E-state index contributed by atoms with van der Waals surface area (Å²) in [6, 6.07) is 10.0. The van der Waals surface area contributed by atoms with E-state index in [0.717, 1.165) is 10.4 Å². The van der Waals surface area contributed by atoms with Gasteiger partial charge in [0.1, 0.15) is 31.1 Å². The fourth-order valence-corrected chi connectivity index (χ4v) is 3.20. The topological polar surface area (TPSA) is 95.0 Å². The molecule has 28 heavy (non-hydrogen) atoms. The fraction of sp³-hybridized carbons (Fsp3) is 0.421. The van der Waals surface area contributed by atoms with Crippen LogP contribution in [0.3, 0.4) is 0 Å². The van der Waals surface area contributed by atoms with E-state index in [2.05, 4.69) is 4.90 Å². The minimum absolute atomic E-state index is 0.0792. The van der Waals surface area contributed by atoms with Crippen LogP contribution < -0.4 is 19.3 Å². The second-order valence-corrected chi connectivity index (χ2v) is 6.57. The zero-order valence-corrected chi connectivity index (χ0v) is 16.0. The van der Waals surface area contributed by atoms with Crippen LogP contribution in [0, 0.1) is 22.2 Å². The van der Waals surface area contributed by atoms with Gasteiger partial charge < -0.3 is 19.6 Å². The number of pyridine rings is 1. The number of piperazine rings is 1. The van der Waals surface area contributed by atoms with Gasteiger partial charge >= 0.3 is 0 Å². The second-order valence-electron chi connectivity index (χ2n) is 6.57. The molecular weight excluding hydrogens is 364 g/mol. The number of nitro groups is 1. The summed E-state index contributed by atoms with van der Waals surface area (Å²) in [6.07, 6.45) is 0. The number of aryl methyl sites for hydroxylation is 1. The van der Waals surface area contributed by atoms with E-state index in [4.69, 9.17) is 9.47 Å². The first kappa shape index (κ1) is 19.7. The Balaban J connectivity index is 1.67. The minimum Gasteiger partial charge on any atom is -0.710 e. The van der Waals surface area contributed by atoms with Gasteiger partial charge in [0.15, 0.2) is 0 Å².